The highest BCUT2D eigenvalue weighted by atomic mass is 35.5. The molecule has 0 radical (unpaired) electrons. The molecule has 17 heavy (non-hydrogen) atoms. The third-order valence-corrected chi connectivity index (χ3v) is 4.31. The number of hydrogen-bond acceptors (Lipinski definition) is 1. The van der Waals surface area contributed by atoms with Crippen molar-refractivity contribution in [2.45, 2.75) is 44.5 Å². The summed E-state index contributed by atoms with van der Waals surface area (Å²) in [5, 5.41) is 3.92. The van der Waals surface area contributed by atoms with E-state index < -0.39 is 0 Å². The summed E-state index contributed by atoms with van der Waals surface area (Å²) in [7, 11) is 0. The molecule has 0 bridgehead atoms. The van der Waals surface area contributed by atoms with Crippen LogP contribution < -0.4 is 5.32 Å². The van der Waals surface area contributed by atoms with Crippen LogP contribution in [0.5, 0.6) is 0 Å². The summed E-state index contributed by atoms with van der Waals surface area (Å²) in [5.74, 6) is 0.673. The summed E-state index contributed by atoms with van der Waals surface area (Å²) < 4.78 is 0. The SMILES string of the molecule is CCc1ccc(CNCC2CCCC2Cl)cc1. The molecule has 1 N–H and O–H groups in total. The molecule has 0 heterocycles. The molecule has 0 spiro atoms. The van der Waals surface area contributed by atoms with Gasteiger partial charge in [0, 0.05) is 11.9 Å². The van der Waals surface area contributed by atoms with Crippen molar-refractivity contribution >= 4 is 11.6 Å². The van der Waals surface area contributed by atoms with Gasteiger partial charge in [-0.05, 0) is 42.9 Å². The molecule has 94 valence electrons. The molecule has 1 aliphatic rings. The van der Waals surface area contributed by atoms with E-state index in [0.717, 1.165) is 19.5 Å². The van der Waals surface area contributed by atoms with Gasteiger partial charge in [-0.1, -0.05) is 37.6 Å². The second-order valence-electron chi connectivity index (χ2n) is 5.01. The van der Waals surface area contributed by atoms with Crippen molar-refractivity contribution in [3.63, 3.8) is 0 Å². The summed E-state index contributed by atoms with van der Waals surface area (Å²) in [4.78, 5) is 0. The average Bonchev–Trinajstić information content (AvgIpc) is 2.76. The predicted molar refractivity (Wildman–Crippen MR) is 74.5 cm³/mol. The highest BCUT2D eigenvalue weighted by Gasteiger charge is 2.24. The monoisotopic (exact) mass is 251 g/mol. The maximum Gasteiger partial charge on any atom is 0.0376 e. The van der Waals surface area contributed by atoms with Gasteiger partial charge in [-0.15, -0.1) is 11.6 Å². The van der Waals surface area contributed by atoms with Crippen LogP contribution >= 0.6 is 11.6 Å². The van der Waals surface area contributed by atoms with E-state index in [2.05, 4.69) is 36.5 Å². The first-order chi connectivity index (χ1) is 8.29. The maximum absolute atomic E-state index is 6.26. The van der Waals surface area contributed by atoms with Gasteiger partial charge in [0.25, 0.3) is 0 Å². The van der Waals surface area contributed by atoms with Crippen molar-refractivity contribution in [2.24, 2.45) is 5.92 Å². The van der Waals surface area contributed by atoms with Crippen LogP contribution in [0.15, 0.2) is 24.3 Å². The largest absolute Gasteiger partial charge is 0.312 e. The van der Waals surface area contributed by atoms with Crippen molar-refractivity contribution < 1.29 is 0 Å². The first kappa shape index (κ1) is 12.9. The molecular weight excluding hydrogens is 230 g/mol. The Hall–Kier alpha value is -0.530. The zero-order valence-electron chi connectivity index (χ0n) is 10.6. The lowest BCUT2D eigenvalue weighted by molar-refractivity contribution is 0.494. The molecule has 2 unspecified atom stereocenters. The second kappa shape index (κ2) is 6.42. The smallest absolute Gasteiger partial charge is 0.0376 e. The van der Waals surface area contributed by atoms with Gasteiger partial charge in [-0.25, -0.2) is 0 Å². The minimum atomic E-state index is 0.393. The number of hydrogen-bond donors (Lipinski definition) is 1. The van der Waals surface area contributed by atoms with Crippen LogP contribution in [0.2, 0.25) is 0 Å². The Balaban J connectivity index is 1.73. The molecular formula is C15H22ClN. The lowest BCUT2D eigenvalue weighted by atomic mass is 10.1. The second-order valence-corrected chi connectivity index (χ2v) is 5.57. The zero-order valence-corrected chi connectivity index (χ0v) is 11.3. The average molecular weight is 252 g/mol. The number of benzene rings is 1. The Bertz CT molecular complexity index is 333. The Morgan fingerprint density at radius 3 is 2.47 bits per heavy atom. The first-order valence-corrected chi connectivity index (χ1v) is 7.16. The van der Waals surface area contributed by atoms with Crippen molar-refractivity contribution in [1.82, 2.24) is 5.32 Å². The molecule has 2 atom stereocenters. The van der Waals surface area contributed by atoms with Gasteiger partial charge in [0.1, 0.15) is 0 Å². The van der Waals surface area contributed by atoms with Gasteiger partial charge in [0.15, 0.2) is 0 Å². The molecule has 1 aromatic rings. The third-order valence-electron chi connectivity index (χ3n) is 3.73. The molecule has 0 amide bonds. The number of rotatable bonds is 5. The van der Waals surface area contributed by atoms with Crippen LogP contribution in [0.4, 0.5) is 0 Å². The summed E-state index contributed by atoms with van der Waals surface area (Å²) in [6.45, 7) is 4.21. The fourth-order valence-electron chi connectivity index (χ4n) is 2.52. The summed E-state index contributed by atoms with van der Waals surface area (Å²) >= 11 is 6.26. The number of alkyl halides is 1. The minimum absolute atomic E-state index is 0.393. The summed E-state index contributed by atoms with van der Waals surface area (Å²) in [6.07, 6.45) is 4.89. The number of aryl methyl sites for hydroxylation is 1. The molecule has 1 nitrogen and oxygen atoms in total. The quantitative estimate of drug-likeness (QED) is 0.786. The van der Waals surface area contributed by atoms with Crippen molar-refractivity contribution in [1.29, 1.82) is 0 Å². The van der Waals surface area contributed by atoms with E-state index >= 15 is 0 Å². The highest BCUT2D eigenvalue weighted by molar-refractivity contribution is 6.20. The standard InChI is InChI=1S/C15H22ClN/c1-2-12-6-8-13(9-7-12)10-17-11-14-4-3-5-15(14)16/h6-9,14-15,17H,2-5,10-11H2,1H3. The van der Waals surface area contributed by atoms with Gasteiger partial charge in [0.2, 0.25) is 0 Å². The van der Waals surface area contributed by atoms with E-state index in [9.17, 15) is 0 Å². The van der Waals surface area contributed by atoms with Crippen LogP contribution in [-0.4, -0.2) is 11.9 Å². The number of nitrogens with one attached hydrogen (secondary N) is 1. The molecule has 2 heteroatoms. The molecule has 1 aromatic carbocycles. The van der Waals surface area contributed by atoms with E-state index in [4.69, 9.17) is 11.6 Å². The Morgan fingerprint density at radius 2 is 1.88 bits per heavy atom. The Kier molecular flexibility index (Phi) is 4.87. The van der Waals surface area contributed by atoms with Gasteiger partial charge in [-0.3, -0.25) is 0 Å². The lowest BCUT2D eigenvalue weighted by Crippen LogP contribution is -2.25. The minimum Gasteiger partial charge on any atom is -0.312 e. The van der Waals surface area contributed by atoms with Gasteiger partial charge >= 0.3 is 0 Å². The predicted octanol–water partition coefficient (Wildman–Crippen LogP) is 3.75. The molecule has 2 rings (SSSR count). The van der Waals surface area contributed by atoms with Gasteiger partial charge < -0.3 is 5.32 Å². The van der Waals surface area contributed by atoms with E-state index in [1.807, 2.05) is 0 Å². The molecule has 0 saturated heterocycles. The van der Waals surface area contributed by atoms with E-state index in [1.54, 1.807) is 0 Å². The third kappa shape index (κ3) is 3.72. The van der Waals surface area contributed by atoms with Crippen LogP contribution in [0.1, 0.15) is 37.3 Å². The molecule has 1 fully saturated rings. The van der Waals surface area contributed by atoms with Crippen molar-refractivity contribution in [2.75, 3.05) is 6.54 Å². The topological polar surface area (TPSA) is 12.0 Å². The number of halogens is 1. The zero-order chi connectivity index (χ0) is 12.1. The Labute approximate surface area is 110 Å². The van der Waals surface area contributed by atoms with Crippen LogP contribution in [0, 0.1) is 5.92 Å². The van der Waals surface area contributed by atoms with Crippen LogP contribution in [0.3, 0.4) is 0 Å². The lowest BCUT2D eigenvalue weighted by Gasteiger charge is -2.14. The fraction of sp³-hybridized carbons (Fsp3) is 0.600. The van der Waals surface area contributed by atoms with Crippen molar-refractivity contribution in [3.05, 3.63) is 35.4 Å². The van der Waals surface area contributed by atoms with Gasteiger partial charge in [-0.2, -0.15) is 0 Å². The van der Waals surface area contributed by atoms with Crippen molar-refractivity contribution in [3.8, 4) is 0 Å². The highest BCUT2D eigenvalue weighted by Crippen LogP contribution is 2.29. The van der Waals surface area contributed by atoms with E-state index in [-0.39, 0.29) is 0 Å². The summed E-state index contributed by atoms with van der Waals surface area (Å²) in [6, 6.07) is 8.88. The van der Waals surface area contributed by atoms with Crippen LogP contribution in [0.25, 0.3) is 0 Å². The van der Waals surface area contributed by atoms with Gasteiger partial charge in [0.05, 0.1) is 0 Å². The first-order valence-electron chi connectivity index (χ1n) is 6.72. The molecule has 1 saturated carbocycles. The van der Waals surface area contributed by atoms with Crippen LogP contribution in [-0.2, 0) is 13.0 Å². The normalized spacial score (nSPS) is 24.1. The molecule has 0 aliphatic heterocycles. The maximum atomic E-state index is 6.26. The summed E-state index contributed by atoms with van der Waals surface area (Å²) in [5.41, 5.74) is 2.77. The fourth-order valence-corrected chi connectivity index (χ4v) is 2.89. The molecule has 0 aromatic heterocycles. The van der Waals surface area contributed by atoms with E-state index in [0.29, 0.717) is 11.3 Å². The molecule has 1 aliphatic carbocycles. The Morgan fingerprint density at radius 1 is 1.18 bits per heavy atom. The van der Waals surface area contributed by atoms with E-state index in [1.165, 1.54) is 30.4 Å².